The van der Waals surface area contributed by atoms with Gasteiger partial charge in [-0.05, 0) is 43.5 Å². The molecule has 1 aromatic rings. The molecule has 2 bridgehead atoms. The van der Waals surface area contributed by atoms with Crippen LogP contribution in [0.5, 0.6) is 0 Å². The highest BCUT2D eigenvalue weighted by Gasteiger charge is 2.46. The van der Waals surface area contributed by atoms with Gasteiger partial charge >= 0.3 is 12.1 Å². The van der Waals surface area contributed by atoms with E-state index in [1.807, 2.05) is 0 Å². The first-order chi connectivity index (χ1) is 11.4. The van der Waals surface area contributed by atoms with Crippen LogP contribution < -0.4 is 0 Å². The molecule has 3 nitrogen and oxygen atoms in total. The van der Waals surface area contributed by atoms with Crippen LogP contribution in [0.4, 0.5) is 13.2 Å². The number of fused-ring (bicyclic) bond motifs is 3. The summed E-state index contributed by atoms with van der Waals surface area (Å²) in [4.78, 5) is 14.4. The third kappa shape index (κ3) is 4.44. The minimum Gasteiger partial charge on any atom is -0.469 e. The van der Waals surface area contributed by atoms with Crippen molar-refractivity contribution in [1.82, 2.24) is 4.90 Å². The summed E-state index contributed by atoms with van der Waals surface area (Å²) in [6.07, 6.45) is -2.36. The van der Waals surface area contributed by atoms with Crippen molar-refractivity contribution in [3.8, 4) is 0 Å². The SMILES string of the molecule is COC(=O)C1C2CCN(CC2)C1SCc1cccc(C(F)(F)F)c1.Cl. The van der Waals surface area contributed by atoms with Gasteiger partial charge in [0.15, 0.2) is 0 Å². The lowest BCUT2D eigenvalue weighted by molar-refractivity contribution is -0.153. The summed E-state index contributed by atoms with van der Waals surface area (Å²) in [7, 11) is 1.40. The molecular weight excluding hydrogens is 375 g/mol. The van der Waals surface area contributed by atoms with E-state index in [9.17, 15) is 18.0 Å². The third-order valence-corrected chi connectivity index (χ3v) is 6.33. The molecule has 3 saturated heterocycles. The van der Waals surface area contributed by atoms with Gasteiger partial charge in [0.1, 0.15) is 0 Å². The molecule has 3 aliphatic rings. The summed E-state index contributed by atoms with van der Waals surface area (Å²) in [5.74, 6) is 0.381. The number of thioether (sulfide) groups is 1. The Bertz CT molecular complexity index is 606. The molecule has 0 spiro atoms. The summed E-state index contributed by atoms with van der Waals surface area (Å²) in [5.41, 5.74) is -0.00308. The Hall–Kier alpha value is -0.920. The van der Waals surface area contributed by atoms with E-state index in [4.69, 9.17) is 4.74 Å². The molecule has 0 amide bonds. The van der Waals surface area contributed by atoms with Gasteiger partial charge in [0, 0.05) is 5.75 Å². The number of carbonyl (C=O) groups excluding carboxylic acids is 1. The fraction of sp³-hybridized carbons (Fsp3) is 0.588. The smallest absolute Gasteiger partial charge is 0.416 e. The van der Waals surface area contributed by atoms with E-state index >= 15 is 0 Å². The van der Waals surface area contributed by atoms with Gasteiger partial charge < -0.3 is 4.74 Å². The fourth-order valence-electron chi connectivity index (χ4n) is 3.67. The maximum atomic E-state index is 12.8. The van der Waals surface area contributed by atoms with Gasteiger partial charge in [0.05, 0.1) is 24.0 Å². The zero-order valence-corrected chi connectivity index (χ0v) is 15.4. The van der Waals surface area contributed by atoms with Crippen molar-refractivity contribution in [1.29, 1.82) is 0 Å². The van der Waals surface area contributed by atoms with Crippen LogP contribution in [0.2, 0.25) is 0 Å². The summed E-state index contributed by atoms with van der Waals surface area (Å²) in [6, 6.07) is 5.41. The number of rotatable bonds is 4. The van der Waals surface area contributed by atoms with E-state index in [2.05, 4.69) is 4.90 Å². The lowest BCUT2D eigenvalue weighted by Gasteiger charge is -2.49. The molecule has 2 unspecified atom stereocenters. The van der Waals surface area contributed by atoms with Gasteiger partial charge in [-0.1, -0.05) is 18.2 Å². The van der Waals surface area contributed by atoms with Gasteiger partial charge in [0.25, 0.3) is 0 Å². The topological polar surface area (TPSA) is 29.5 Å². The zero-order valence-electron chi connectivity index (χ0n) is 13.8. The van der Waals surface area contributed by atoms with Crippen molar-refractivity contribution in [2.45, 2.75) is 30.1 Å². The normalized spacial score (nSPS) is 28.3. The van der Waals surface area contributed by atoms with E-state index in [1.54, 1.807) is 17.8 Å². The number of hydrogen-bond acceptors (Lipinski definition) is 4. The number of nitrogens with zero attached hydrogens (tertiary/aromatic N) is 1. The summed E-state index contributed by atoms with van der Waals surface area (Å²) >= 11 is 1.54. The Labute approximate surface area is 155 Å². The Morgan fingerprint density at radius 1 is 1.32 bits per heavy atom. The van der Waals surface area contributed by atoms with Gasteiger partial charge in [-0.15, -0.1) is 24.2 Å². The number of alkyl halides is 3. The maximum Gasteiger partial charge on any atom is 0.416 e. The van der Waals surface area contributed by atoms with E-state index in [0.717, 1.165) is 32.0 Å². The van der Waals surface area contributed by atoms with E-state index < -0.39 is 11.7 Å². The number of methoxy groups -OCH3 is 1. The highest BCUT2D eigenvalue weighted by Crippen LogP contribution is 2.43. The van der Waals surface area contributed by atoms with Crippen molar-refractivity contribution in [3.63, 3.8) is 0 Å². The zero-order chi connectivity index (χ0) is 17.3. The van der Waals surface area contributed by atoms with Gasteiger partial charge in [-0.25, -0.2) is 0 Å². The minimum atomic E-state index is -4.33. The molecule has 0 N–H and O–H groups in total. The first-order valence-electron chi connectivity index (χ1n) is 8.00. The first kappa shape index (κ1) is 20.4. The van der Waals surface area contributed by atoms with Crippen molar-refractivity contribution >= 4 is 30.1 Å². The molecule has 2 atom stereocenters. The van der Waals surface area contributed by atoms with Crippen LogP contribution in [-0.4, -0.2) is 36.4 Å². The number of ether oxygens (including phenoxy) is 1. The molecule has 0 radical (unpaired) electrons. The van der Waals surface area contributed by atoms with Crippen LogP contribution in [0.3, 0.4) is 0 Å². The van der Waals surface area contributed by atoms with Crippen LogP contribution in [0.1, 0.15) is 24.0 Å². The monoisotopic (exact) mass is 395 g/mol. The molecule has 3 heterocycles. The first-order valence-corrected chi connectivity index (χ1v) is 9.04. The number of esters is 1. The average molecular weight is 396 g/mol. The van der Waals surface area contributed by atoms with Crippen LogP contribution in [0.25, 0.3) is 0 Å². The predicted octanol–water partition coefficient (Wildman–Crippen LogP) is 4.20. The van der Waals surface area contributed by atoms with Crippen molar-refractivity contribution < 1.29 is 22.7 Å². The Morgan fingerprint density at radius 3 is 2.60 bits per heavy atom. The molecule has 0 aromatic heterocycles. The van der Waals surface area contributed by atoms with Gasteiger partial charge in [0.2, 0.25) is 0 Å². The van der Waals surface area contributed by atoms with Gasteiger partial charge in [-0.3, -0.25) is 9.69 Å². The molecule has 3 aliphatic heterocycles. The van der Waals surface area contributed by atoms with Gasteiger partial charge in [-0.2, -0.15) is 13.2 Å². The Morgan fingerprint density at radius 2 is 2.00 bits per heavy atom. The molecule has 25 heavy (non-hydrogen) atoms. The maximum absolute atomic E-state index is 12.8. The number of benzene rings is 1. The fourth-order valence-corrected chi connectivity index (χ4v) is 5.17. The minimum absolute atomic E-state index is 0. The lowest BCUT2D eigenvalue weighted by atomic mass is 9.79. The number of piperidine rings is 3. The summed E-state index contributed by atoms with van der Waals surface area (Å²) in [5, 5.41) is -0.0144. The Kier molecular flexibility index (Phi) is 6.68. The highest BCUT2D eigenvalue weighted by atomic mass is 35.5. The molecule has 4 rings (SSSR count). The summed E-state index contributed by atoms with van der Waals surface area (Å²) in [6.45, 7) is 1.89. The van der Waals surface area contributed by atoms with Crippen LogP contribution in [0.15, 0.2) is 24.3 Å². The second-order valence-electron chi connectivity index (χ2n) is 6.32. The molecule has 140 valence electrons. The molecule has 0 aliphatic carbocycles. The molecule has 1 aromatic carbocycles. The molecular formula is C17H21ClF3NO2S. The standard InChI is InChI=1S/C17H20F3NO2S.ClH/c1-23-16(22)14-12-5-7-21(8-6-12)15(14)24-10-11-3-2-4-13(9-11)17(18,19)20;/h2-4,9,12,14-15H,5-8,10H2,1H3;1H. The van der Waals surface area contributed by atoms with Crippen molar-refractivity contribution in [2.75, 3.05) is 20.2 Å². The second-order valence-corrected chi connectivity index (χ2v) is 7.43. The quantitative estimate of drug-likeness (QED) is 0.714. The number of hydrogen-bond donors (Lipinski definition) is 0. The third-order valence-electron chi connectivity index (χ3n) is 4.90. The average Bonchev–Trinajstić information content (AvgIpc) is 2.59. The van der Waals surface area contributed by atoms with E-state index in [0.29, 0.717) is 17.2 Å². The molecule has 3 fully saturated rings. The van der Waals surface area contributed by atoms with Crippen LogP contribution >= 0.6 is 24.2 Å². The second kappa shape index (κ2) is 8.18. The van der Waals surface area contributed by atoms with E-state index in [1.165, 1.54) is 19.2 Å². The van der Waals surface area contributed by atoms with Crippen LogP contribution in [-0.2, 0) is 21.5 Å². The van der Waals surface area contributed by atoms with E-state index in [-0.39, 0.29) is 29.7 Å². The lowest BCUT2D eigenvalue weighted by Crippen LogP contribution is -2.55. The van der Waals surface area contributed by atoms with Crippen molar-refractivity contribution in [2.24, 2.45) is 11.8 Å². The van der Waals surface area contributed by atoms with Crippen LogP contribution in [0, 0.1) is 11.8 Å². The molecule has 8 heteroatoms. The van der Waals surface area contributed by atoms with Crippen molar-refractivity contribution in [3.05, 3.63) is 35.4 Å². The predicted molar refractivity (Wildman–Crippen MR) is 93.6 cm³/mol. The Balaban J connectivity index is 0.00000225. The number of carbonyl (C=O) groups is 1. The molecule has 0 saturated carbocycles. The number of halogens is 4. The summed E-state index contributed by atoms with van der Waals surface area (Å²) < 4.78 is 43.4. The largest absolute Gasteiger partial charge is 0.469 e. The highest BCUT2D eigenvalue weighted by molar-refractivity contribution is 7.99.